The average molecular weight is 637 g/mol. The fourth-order valence-electron chi connectivity index (χ4n) is 5.88. The Balaban J connectivity index is 1.87. The largest absolute Gasteiger partial charge is 0.469 e. The summed E-state index contributed by atoms with van der Waals surface area (Å²) in [5.74, 6) is -0.760. The quantitative estimate of drug-likeness (QED) is 0.232. The van der Waals surface area contributed by atoms with Gasteiger partial charge in [0, 0.05) is 40.5 Å². The van der Waals surface area contributed by atoms with Crippen LogP contribution in [0.1, 0.15) is 85.1 Å². The number of hydrogen-bond acceptors (Lipinski definition) is 7. The van der Waals surface area contributed by atoms with Crippen LogP contribution in [0.15, 0.2) is 30.3 Å². The fourth-order valence-corrected chi connectivity index (χ4v) is 5.88. The molecule has 0 unspecified atom stereocenters. The molecule has 0 fully saturated rings. The second-order valence-electron chi connectivity index (χ2n) is 11.5. The Kier molecular flexibility index (Phi) is 8.94. The Morgan fingerprint density at radius 3 is 1.83 bits per heavy atom. The van der Waals surface area contributed by atoms with E-state index in [1.54, 1.807) is 12.1 Å². The van der Waals surface area contributed by atoms with Gasteiger partial charge in [-0.2, -0.15) is 13.2 Å². The van der Waals surface area contributed by atoms with Gasteiger partial charge in [-0.3, -0.25) is 9.59 Å². The van der Waals surface area contributed by atoms with Crippen LogP contribution in [-0.4, -0.2) is 57.4 Å². The van der Waals surface area contributed by atoms with Gasteiger partial charge in [-0.05, 0) is 104 Å². The molecule has 9 nitrogen and oxygen atoms in total. The SMILES string of the molecule is COC(=O)CCC1=C(C)c2cc3cc(C)c(cc4[nH]c(cc5nc(cc1n2)C(CCC(=O)OC)=C5C)c(C)c4[C@H](O)C(F)(F)F)[nH]3. The summed E-state index contributed by atoms with van der Waals surface area (Å²) in [6.07, 6.45) is -6.71. The number of alkyl halides is 3. The van der Waals surface area contributed by atoms with E-state index in [0.29, 0.717) is 52.2 Å². The smallest absolute Gasteiger partial charge is 0.418 e. The molecule has 0 radical (unpaired) electrons. The maximum atomic E-state index is 13.9. The first-order valence-electron chi connectivity index (χ1n) is 14.7. The van der Waals surface area contributed by atoms with Crippen LogP contribution in [-0.2, 0) is 19.1 Å². The number of aliphatic hydroxyl groups is 1. The van der Waals surface area contributed by atoms with Crippen LogP contribution in [0, 0.1) is 13.8 Å². The minimum absolute atomic E-state index is 0.0852. The zero-order valence-electron chi connectivity index (χ0n) is 26.4. The summed E-state index contributed by atoms with van der Waals surface area (Å²) < 4.78 is 51.4. The summed E-state index contributed by atoms with van der Waals surface area (Å²) >= 11 is 0. The number of hydrogen-bond donors (Lipinski definition) is 3. The molecular weight excluding hydrogens is 601 g/mol. The summed E-state index contributed by atoms with van der Waals surface area (Å²) in [7, 11) is 2.65. The van der Waals surface area contributed by atoms with Gasteiger partial charge in [0.1, 0.15) is 0 Å². The van der Waals surface area contributed by atoms with Crippen molar-refractivity contribution in [3.8, 4) is 0 Å². The monoisotopic (exact) mass is 636 g/mol. The number of carbonyl (C=O) groups is 2. The number of rotatable bonds is 7. The third kappa shape index (κ3) is 6.34. The van der Waals surface area contributed by atoms with Crippen molar-refractivity contribution in [3.63, 3.8) is 0 Å². The Bertz CT molecular complexity index is 1970. The van der Waals surface area contributed by atoms with Crippen molar-refractivity contribution < 1.29 is 37.3 Å². The highest BCUT2D eigenvalue weighted by atomic mass is 19.4. The molecule has 5 rings (SSSR count). The predicted octanol–water partition coefficient (Wildman–Crippen LogP) is 7.30. The van der Waals surface area contributed by atoms with Crippen LogP contribution in [0.2, 0.25) is 0 Å². The number of methoxy groups -OCH3 is 2. The number of fused-ring (bicyclic) bond motifs is 8. The first kappa shape index (κ1) is 32.7. The number of aromatic nitrogens is 4. The number of halogens is 3. The number of nitrogens with zero attached hydrogens (tertiary/aromatic N) is 2. The van der Waals surface area contributed by atoms with Crippen LogP contribution in [0.3, 0.4) is 0 Å². The molecule has 3 N–H and O–H groups in total. The van der Waals surface area contributed by atoms with E-state index >= 15 is 0 Å². The van der Waals surface area contributed by atoms with Crippen molar-refractivity contribution >= 4 is 56.3 Å². The van der Waals surface area contributed by atoms with Gasteiger partial charge in [-0.1, -0.05) is 0 Å². The van der Waals surface area contributed by atoms with Gasteiger partial charge in [-0.25, -0.2) is 9.97 Å². The minimum atomic E-state index is -4.89. The normalized spacial score (nSPS) is 14.1. The molecule has 3 aromatic heterocycles. The lowest BCUT2D eigenvalue weighted by Gasteiger charge is -2.14. The van der Waals surface area contributed by atoms with Crippen LogP contribution in [0.4, 0.5) is 13.2 Å². The van der Waals surface area contributed by atoms with Gasteiger partial charge in [0.05, 0.1) is 37.0 Å². The third-order valence-electron chi connectivity index (χ3n) is 8.55. The van der Waals surface area contributed by atoms with Crippen molar-refractivity contribution in [2.45, 2.75) is 65.7 Å². The molecule has 0 saturated heterocycles. The number of H-pyrrole nitrogens is 2. The zero-order chi connectivity index (χ0) is 33.5. The molecule has 2 aliphatic heterocycles. The van der Waals surface area contributed by atoms with Crippen molar-refractivity contribution in [3.05, 3.63) is 69.8 Å². The molecule has 8 bridgehead atoms. The molecular formula is C34H35F3N4O5. The van der Waals surface area contributed by atoms with E-state index in [-0.39, 0.29) is 35.5 Å². The summed E-state index contributed by atoms with van der Waals surface area (Å²) in [6.45, 7) is 7.10. The Morgan fingerprint density at radius 1 is 0.761 bits per heavy atom. The van der Waals surface area contributed by atoms with E-state index in [0.717, 1.165) is 27.9 Å². The lowest BCUT2D eigenvalue weighted by molar-refractivity contribution is -0.206. The molecule has 5 heterocycles. The van der Waals surface area contributed by atoms with Gasteiger partial charge in [0.25, 0.3) is 0 Å². The molecule has 0 spiro atoms. The molecule has 0 aliphatic carbocycles. The fraction of sp³-hybridized carbons (Fsp3) is 0.353. The van der Waals surface area contributed by atoms with E-state index in [2.05, 4.69) is 9.97 Å². The van der Waals surface area contributed by atoms with E-state index in [4.69, 9.17) is 19.4 Å². The highest BCUT2D eigenvalue weighted by Crippen LogP contribution is 2.40. The summed E-state index contributed by atoms with van der Waals surface area (Å²) in [4.78, 5) is 40.3. The summed E-state index contributed by atoms with van der Waals surface area (Å²) in [6, 6.07) is 8.70. The molecule has 12 heteroatoms. The van der Waals surface area contributed by atoms with E-state index in [1.807, 2.05) is 39.0 Å². The van der Waals surface area contributed by atoms with Crippen molar-refractivity contribution in [2.24, 2.45) is 0 Å². The van der Waals surface area contributed by atoms with Gasteiger partial charge in [0.15, 0.2) is 6.10 Å². The number of esters is 2. The second kappa shape index (κ2) is 12.6. The molecule has 0 saturated carbocycles. The standard InChI is InChI=1S/C34H35F3N4O5/c1-16-11-20-12-24-17(2)21(7-9-30(42)45-5)27(39-24)15-28-22(8-10-31(43)46-6)18(3)25(40-28)14-26-19(4)32(33(44)34(35,36)37)29(41-26)13-23(16)38-20/h11-15,33,38,41,44H,7-10H2,1-6H3/t33-/m0/s1. The van der Waals surface area contributed by atoms with Gasteiger partial charge in [0.2, 0.25) is 0 Å². The maximum Gasteiger partial charge on any atom is 0.418 e. The Morgan fingerprint density at radius 2 is 1.30 bits per heavy atom. The Hall–Kier alpha value is -4.71. The number of carbonyl (C=O) groups excluding carboxylic acids is 2. The highest BCUT2D eigenvalue weighted by molar-refractivity contribution is 5.96. The van der Waals surface area contributed by atoms with Gasteiger partial charge < -0.3 is 24.5 Å². The van der Waals surface area contributed by atoms with Crippen molar-refractivity contribution in [1.29, 1.82) is 0 Å². The third-order valence-corrected chi connectivity index (χ3v) is 8.55. The summed E-state index contributed by atoms with van der Waals surface area (Å²) in [5, 5.41) is 10.4. The van der Waals surface area contributed by atoms with Crippen LogP contribution >= 0.6 is 0 Å². The lowest BCUT2D eigenvalue weighted by atomic mass is 9.98. The lowest BCUT2D eigenvalue weighted by Crippen LogP contribution is -2.20. The first-order valence-corrected chi connectivity index (χ1v) is 14.7. The zero-order valence-corrected chi connectivity index (χ0v) is 26.4. The topological polar surface area (TPSA) is 130 Å². The molecule has 46 heavy (non-hydrogen) atoms. The van der Waals surface area contributed by atoms with Gasteiger partial charge in [-0.15, -0.1) is 0 Å². The van der Waals surface area contributed by atoms with Crippen LogP contribution in [0.5, 0.6) is 0 Å². The number of aromatic amines is 2. The number of aryl methyl sites for hydroxylation is 2. The summed E-state index contributed by atoms with van der Waals surface area (Å²) in [5.41, 5.74) is 7.83. The maximum absolute atomic E-state index is 13.9. The van der Waals surface area contributed by atoms with E-state index in [9.17, 15) is 27.9 Å². The number of aliphatic hydroxyl groups excluding tert-OH is 1. The van der Waals surface area contributed by atoms with Gasteiger partial charge >= 0.3 is 18.1 Å². The van der Waals surface area contributed by atoms with E-state index < -0.39 is 18.2 Å². The molecule has 1 atom stereocenters. The first-order chi connectivity index (χ1) is 21.7. The number of nitrogens with one attached hydrogen (secondary N) is 2. The average Bonchev–Trinajstić information content (AvgIpc) is 3.68. The van der Waals surface area contributed by atoms with E-state index in [1.165, 1.54) is 21.1 Å². The van der Waals surface area contributed by atoms with Crippen LogP contribution in [0.25, 0.3) is 44.4 Å². The molecule has 3 aromatic rings. The second-order valence-corrected chi connectivity index (χ2v) is 11.5. The Labute approximate surface area is 263 Å². The minimum Gasteiger partial charge on any atom is -0.469 e. The van der Waals surface area contributed by atoms with Crippen LogP contribution < -0.4 is 0 Å². The van der Waals surface area contributed by atoms with Crippen molar-refractivity contribution in [1.82, 2.24) is 19.9 Å². The number of ether oxygens (including phenoxy) is 2. The highest BCUT2D eigenvalue weighted by Gasteiger charge is 2.41. The molecule has 0 aromatic carbocycles. The number of allylic oxidation sites excluding steroid dienone is 4. The molecule has 2 aliphatic rings. The predicted molar refractivity (Wildman–Crippen MR) is 169 cm³/mol. The molecule has 0 amide bonds. The van der Waals surface area contributed by atoms with Crippen molar-refractivity contribution in [2.75, 3.05) is 14.2 Å². The molecule has 242 valence electrons.